The second kappa shape index (κ2) is 4.97. The van der Waals surface area contributed by atoms with Crippen LogP contribution in [0.4, 0.5) is 0 Å². The van der Waals surface area contributed by atoms with E-state index in [1.807, 2.05) is 13.8 Å². The highest BCUT2D eigenvalue weighted by atomic mass is 16.3. The van der Waals surface area contributed by atoms with Gasteiger partial charge in [0.25, 0.3) is 0 Å². The Morgan fingerprint density at radius 2 is 1.85 bits per heavy atom. The van der Waals surface area contributed by atoms with Crippen LogP contribution in [0.2, 0.25) is 0 Å². The summed E-state index contributed by atoms with van der Waals surface area (Å²) in [7, 11) is 0. The van der Waals surface area contributed by atoms with Crippen LogP contribution in [-0.4, -0.2) is 36.2 Å². The average molecular weight is 185 g/mol. The molecule has 13 heavy (non-hydrogen) atoms. The highest BCUT2D eigenvalue weighted by Gasteiger charge is 2.46. The van der Waals surface area contributed by atoms with Gasteiger partial charge in [-0.05, 0) is 24.7 Å². The van der Waals surface area contributed by atoms with Gasteiger partial charge < -0.3 is 10.0 Å². The minimum Gasteiger partial charge on any atom is -0.396 e. The fourth-order valence-electron chi connectivity index (χ4n) is 2.35. The number of hydrogen-bond acceptors (Lipinski definition) is 2. The molecule has 2 rings (SSSR count). The summed E-state index contributed by atoms with van der Waals surface area (Å²) in [5.41, 5.74) is 0.759. The smallest absolute Gasteiger partial charge is 0.0443 e. The van der Waals surface area contributed by atoms with Gasteiger partial charge >= 0.3 is 0 Å². The fraction of sp³-hybridized carbons (Fsp3) is 1.00. The molecule has 78 valence electrons. The zero-order valence-corrected chi connectivity index (χ0v) is 9.05. The van der Waals surface area contributed by atoms with Gasteiger partial charge in [-0.25, -0.2) is 0 Å². The first-order chi connectivity index (χ1) is 6.35. The molecule has 1 saturated carbocycles. The molecule has 0 atom stereocenters. The maximum Gasteiger partial charge on any atom is 0.0443 e. The molecule has 0 aromatic rings. The first-order valence-corrected chi connectivity index (χ1v) is 5.68. The summed E-state index contributed by atoms with van der Waals surface area (Å²) >= 11 is 0. The number of likely N-dealkylation sites (tertiary alicyclic amines) is 1. The molecule has 2 heteroatoms. The van der Waals surface area contributed by atoms with Crippen molar-refractivity contribution in [3.05, 3.63) is 0 Å². The molecule has 0 aromatic carbocycles. The molecule has 1 saturated heterocycles. The summed E-state index contributed by atoms with van der Waals surface area (Å²) in [6.07, 6.45) is 5.33. The minimum absolute atomic E-state index is 0.351. The molecule has 1 N–H and O–H groups in total. The van der Waals surface area contributed by atoms with Crippen molar-refractivity contribution in [2.75, 3.05) is 26.2 Å². The molecule has 2 fully saturated rings. The van der Waals surface area contributed by atoms with Gasteiger partial charge in [-0.3, -0.25) is 0 Å². The third-order valence-corrected chi connectivity index (χ3v) is 3.16. The molecule has 0 unspecified atom stereocenters. The fourth-order valence-corrected chi connectivity index (χ4v) is 2.35. The summed E-state index contributed by atoms with van der Waals surface area (Å²) in [6.45, 7) is 8.09. The molecular weight excluding hydrogens is 162 g/mol. The van der Waals surface area contributed by atoms with E-state index < -0.39 is 0 Å². The molecule has 0 radical (unpaired) electrons. The van der Waals surface area contributed by atoms with Crippen LogP contribution >= 0.6 is 0 Å². The summed E-state index contributed by atoms with van der Waals surface area (Å²) in [4.78, 5) is 2.47. The van der Waals surface area contributed by atoms with Crippen LogP contribution in [0.15, 0.2) is 0 Å². The second-order valence-electron chi connectivity index (χ2n) is 4.14. The van der Waals surface area contributed by atoms with Gasteiger partial charge in [0.1, 0.15) is 0 Å². The SMILES string of the molecule is CC.OCCCN1CC2(CCC2)C1. The molecule has 1 aliphatic heterocycles. The summed E-state index contributed by atoms with van der Waals surface area (Å²) in [6, 6.07) is 0. The molecule has 1 spiro atoms. The molecule has 0 aromatic heterocycles. The molecule has 0 amide bonds. The van der Waals surface area contributed by atoms with Crippen LogP contribution in [-0.2, 0) is 0 Å². The largest absolute Gasteiger partial charge is 0.396 e. The standard InChI is InChI=1S/C9H17NO.C2H6/c11-6-2-5-10-7-9(8-10)3-1-4-9;1-2/h11H,1-8H2;1-2H3. The van der Waals surface area contributed by atoms with E-state index >= 15 is 0 Å². The predicted octanol–water partition coefficient (Wildman–Crippen LogP) is 1.88. The quantitative estimate of drug-likeness (QED) is 0.725. The van der Waals surface area contributed by atoms with Crippen LogP contribution in [0.25, 0.3) is 0 Å². The van der Waals surface area contributed by atoms with Crippen LogP contribution in [0, 0.1) is 5.41 Å². The van der Waals surface area contributed by atoms with Gasteiger partial charge in [0.05, 0.1) is 0 Å². The number of nitrogens with zero attached hydrogens (tertiary/aromatic N) is 1. The molecular formula is C11H23NO. The van der Waals surface area contributed by atoms with E-state index in [-0.39, 0.29) is 0 Å². The molecule has 1 aliphatic carbocycles. The highest BCUT2D eigenvalue weighted by molar-refractivity contribution is 4.99. The topological polar surface area (TPSA) is 23.5 Å². The van der Waals surface area contributed by atoms with E-state index in [9.17, 15) is 0 Å². The Labute approximate surface area is 81.9 Å². The van der Waals surface area contributed by atoms with Crippen molar-refractivity contribution in [3.63, 3.8) is 0 Å². The summed E-state index contributed by atoms with van der Waals surface area (Å²) in [5, 5.41) is 8.61. The van der Waals surface area contributed by atoms with E-state index in [0.29, 0.717) is 6.61 Å². The minimum atomic E-state index is 0.351. The first-order valence-electron chi connectivity index (χ1n) is 5.68. The first kappa shape index (κ1) is 11.0. The number of aliphatic hydroxyl groups is 1. The van der Waals surface area contributed by atoms with Crippen molar-refractivity contribution in [3.8, 4) is 0 Å². The van der Waals surface area contributed by atoms with Gasteiger partial charge in [-0.1, -0.05) is 20.3 Å². The lowest BCUT2D eigenvalue weighted by atomic mass is 9.63. The number of aliphatic hydroxyl groups excluding tert-OH is 1. The third-order valence-electron chi connectivity index (χ3n) is 3.16. The summed E-state index contributed by atoms with van der Waals surface area (Å²) < 4.78 is 0. The maximum absolute atomic E-state index is 8.61. The van der Waals surface area contributed by atoms with E-state index in [1.165, 1.54) is 32.4 Å². The van der Waals surface area contributed by atoms with Crippen LogP contribution in [0.3, 0.4) is 0 Å². The monoisotopic (exact) mass is 185 g/mol. The van der Waals surface area contributed by atoms with Crippen LogP contribution in [0.5, 0.6) is 0 Å². The Kier molecular flexibility index (Phi) is 4.20. The van der Waals surface area contributed by atoms with Crippen molar-refractivity contribution in [1.29, 1.82) is 0 Å². The van der Waals surface area contributed by atoms with Crippen molar-refractivity contribution in [1.82, 2.24) is 4.90 Å². The molecule has 2 nitrogen and oxygen atoms in total. The van der Waals surface area contributed by atoms with Gasteiger partial charge in [0.2, 0.25) is 0 Å². The Balaban J connectivity index is 0.000000396. The molecule has 1 heterocycles. The van der Waals surface area contributed by atoms with E-state index in [0.717, 1.165) is 18.4 Å². The van der Waals surface area contributed by atoms with Gasteiger partial charge in [0, 0.05) is 26.2 Å². The van der Waals surface area contributed by atoms with Gasteiger partial charge in [0.15, 0.2) is 0 Å². The van der Waals surface area contributed by atoms with E-state index in [4.69, 9.17) is 5.11 Å². The van der Waals surface area contributed by atoms with Crippen molar-refractivity contribution in [2.24, 2.45) is 5.41 Å². The lowest BCUT2D eigenvalue weighted by Crippen LogP contribution is -2.59. The molecule has 2 aliphatic rings. The van der Waals surface area contributed by atoms with Crippen molar-refractivity contribution in [2.45, 2.75) is 39.5 Å². The van der Waals surface area contributed by atoms with Gasteiger partial charge in [-0.2, -0.15) is 0 Å². The normalized spacial score (nSPS) is 24.2. The Hall–Kier alpha value is -0.0800. The second-order valence-corrected chi connectivity index (χ2v) is 4.14. The Bertz CT molecular complexity index is 135. The zero-order chi connectivity index (χ0) is 9.73. The molecule has 0 bridgehead atoms. The highest BCUT2D eigenvalue weighted by Crippen LogP contribution is 2.47. The van der Waals surface area contributed by atoms with Gasteiger partial charge in [-0.15, -0.1) is 0 Å². The predicted molar refractivity (Wildman–Crippen MR) is 55.8 cm³/mol. The lowest BCUT2D eigenvalue weighted by Gasteiger charge is -2.56. The van der Waals surface area contributed by atoms with E-state index in [1.54, 1.807) is 0 Å². The zero-order valence-electron chi connectivity index (χ0n) is 9.05. The van der Waals surface area contributed by atoms with Crippen molar-refractivity contribution >= 4 is 0 Å². The Morgan fingerprint density at radius 3 is 2.23 bits per heavy atom. The Morgan fingerprint density at radius 1 is 1.23 bits per heavy atom. The van der Waals surface area contributed by atoms with Crippen LogP contribution < -0.4 is 0 Å². The third kappa shape index (κ3) is 2.44. The maximum atomic E-state index is 8.61. The number of rotatable bonds is 3. The average Bonchev–Trinajstić information content (AvgIpc) is 2.03. The van der Waals surface area contributed by atoms with E-state index in [2.05, 4.69) is 4.90 Å². The van der Waals surface area contributed by atoms with Crippen LogP contribution in [0.1, 0.15) is 39.5 Å². The summed E-state index contributed by atoms with van der Waals surface area (Å²) in [5.74, 6) is 0. The lowest BCUT2D eigenvalue weighted by molar-refractivity contribution is -0.0611. The number of hydrogen-bond donors (Lipinski definition) is 1. The van der Waals surface area contributed by atoms with Crippen molar-refractivity contribution < 1.29 is 5.11 Å².